The van der Waals surface area contributed by atoms with Crippen molar-refractivity contribution >= 4 is 5.69 Å². The SMILES string of the molecule is OC[C@H](Nc1cncc(-c2ccc(O)c(F)c2)c1)c1ccccc1. The second-order valence-corrected chi connectivity index (χ2v) is 5.42. The Balaban J connectivity index is 1.86. The molecule has 122 valence electrons. The summed E-state index contributed by atoms with van der Waals surface area (Å²) in [5.74, 6) is -1.06. The number of anilines is 1. The van der Waals surface area contributed by atoms with Crippen LogP contribution in [0.3, 0.4) is 0 Å². The van der Waals surface area contributed by atoms with Crippen LogP contribution in [0.1, 0.15) is 11.6 Å². The summed E-state index contributed by atoms with van der Waals surface area (Å²) in [7, 11) is 0. The number of aromatic nitrogens is 1. The lowest BCUT2D eigenvalue weighted by molar-refractivity contribution is 0.276. The summed E-state index contributed by atoms with van der Waals surface area (Å²) in [5.41, 5.74) is 3.00. The smallest absolute Gasteiger partial charge is 0.165 e. The second kappa shape index (κ2) is 7.10. The maximum absolute atomic E-state index is 13.5. The third kappa shape index (κ3) is 3.52. The number of pyridine rings is 1. The zero-order valence-electron chi connectivity index (χ0n) is 12.9. The van der Waals surface area contributed by atoms with Gasteiger partial charge in [0.2, 0.25) is 0 Å². The molecule has 2 aromatic carbocycles. The van der Waals surface area contributed by atoms with Gasteiger partial charge in [-0.1, -0.05) is 36.4 Å². The van der Waals surface area contributed by atoms with Crippen LogP contribution in [0.15, 0.2) is 67.0 Å². The van der Waals surface area contributed by atoms with E-state index in [0.717, 1.165) is 5.56 Å². The van der Waals surface area contributed by atoms with Gasteiger partial charge in [0.05, 0.1) is 18.3 Å². The van der Waals surface area contributed by atoms with Crippen molar-refractivity contribution in [1.29, 1.82) is 0 Å². The molecular formula is C19H17FN2O2. The summed E-state index contributed by atoms with van der Waals surface area (Å²) >= 11 is 0. The van der Waals surface area contributed by atoms with Crippen LogP contribution in [-0.4, -0.2) is 21.8 Å². The first-order chi connectivity index (χ1) is 11.7. The fourth-order valence-corrected chi connectivity index (χ4v) is 2.48. The Labute approximate surface area is 139 Å². The number of phenols is 1. The Morgan fingerprint density at radius 3 is 2.50 bits per heavy atom. The molecule has 4 nitrogen and oxygen atoms in total. The van der Waals surface area contributed by atoms with Crippen LogP contribution in [0.5, 0.6) is 5.75 Å². The Morgan fingerprint density at radius 2 is 1.79 bits per heavy atom. The summed E-state index contributed by atoms with van der Waals surface area (Å²) in [6, 6.07) is 15.4. The molecule has 0 aliphatic heterocycles. The highest BCUT2D eigenvalue weighted by atomic mass is 19.1. The van der Waals surface area contributed by atoms with Crippen LogP contribution in [0.25, 0.3) is 11.1 Å². The lowest BCUT2D eigenvalue weighted by Crippen LogP contribution is -2.14. The zero-order valence-corrected chi connectivity index (χ0v) is 12.9. The van der Waals surface area contributed by atoms with Crippen molar-refractivity contribution in [2.45, 2.75) is 6.04 Å². The molecule has 5 heteroatoms. The summed E-state index contributed by atoms with van der Waals surface area (Å²) in [4.78, 5) is 4.17. The molecule has 3 N–H and O–H groups in total. The number of aliphatic hydroxyl groups is 1. The van der Waals surface area contributed by atoms with Gasteiger partial charge in [0.1, 0.15) is 0 Å². The van der Waals surface area contributed by atoms with Crippen LogP contribution < -0.4 is 5.32 Å². The number of aromatic hydroxyl groups is 1. The van der Waals surface area contributed by atoms with Crippen molar-refractivity contribution in [2.24, 2.45) is 0 Å². The van der Waals surface area contributed by atoms with E-state index in [4.69, 9.17) is 0 Å². The third-order valence-corrected chi connectivity index (χ3v) is 3.74. The number of phenolic OH excluding ortho intramolecular Hbond substituents is 1. The Morgan fingerprint density at radius 1 is 1.00 bits per heavy atom. The fraction of sp³-hybridized carbons (Fsp3) is 0.105. The largest absolute Gasteiger partial charge is 0.505 e. The van der Waals surface area contributed by atoms with Crippen molar-refractivity contribution in [3.05, 3.63) is 78.4 Å². The molecule has 0 spiro atoms. The quantitative estimate of drug-likeness (QED) is 0.669. The van der Waals surface area contributed by atoms with E-state index in [2.05, 4.69) is 10.3 Å². The second-order valence-electron chi connectivity index (χ2n) is 5.42. The highest BCUT2D eigenvalue weighted by molar-refractivity contribution is 5.67. The summed E-state index contributed by atoms with van der Waals surface area (Å²) in [6.07, 6.45) is 3.26. The van der Waals surface area contributed by atoms with Gasteiger partial charge in [0.15, 0.2) is 11.6 Å². The first-order valence-electron chi connectivity index (χ1n) is 7.53. The first-order valence-corrected chi connectivity index (χ1v) is 7.53. The van der Waals surface area contributed by atoms with Crippen LogP contribution in [0.2, 0.25) is 0 Å². The normalized spacial score (nSPS) is 11.9. The number of hydrogen-bond acceptors (Lipinski definition) is 4. The molecule has 0 saturated carbocycles. The van der Waals surface area contributed by atoms with Crippen molar-refractivity contribution < 1.29 is 14.6 Å². The van der Waals surface area contributed by atoms with Gasteiger partial charge in [-0.05, 0) is 29.3 Å². The van der Waals surface area contributed by atoms with Gasteiger partial charge < -0.3 is 15.5 Å². The monoisotopic (exact) mass is 324 g/mol. The maximum atomic E-state index is 13.5. The minimum atomic E-state index is -0.677. The van der Waals surface area contributed by atoms with Gasteiger partial charge in [-0.2, -0.15) is 0 Å². The van der Waals surface area contributed by atoms with E-state index in [1.54, 1.807) is 18.5 Å². The van der Waals surface area contributed by atoms with Crippen LogP contribution in [0, 0.1) is 5.82 Å². The van der Waals surface area contributed by atoms with Gasteiger partial charge in [-0.3, -0.25) is 4.98 Å². The van der Waals surface area contributed by atoms with Crippen molar-refractivity contribution in [3.63, 3.8) is 0 Å². The predicted molar refractivity (Wildman–Crippen MR) is 91.2 cm³/mol. The average molecular weight is 324 g/mol. The van der Waals surface area contributed by atoms with Crippen molar-refractivity contribution in [3.8, 4) is 16.9 Å². The van der Waals surface area contributed by atoms with Gasteiger partial charge in [-0.25, -0.2) is 4.39 Å². The van der Waals surface area contributed by atoms with Gasteiger partial charge >= 0.3 is 0 Å². The predicted octanol–water partition coefficient (Wildman–Crippen LogP) is 3.74. The molecular weight excluding hydrogens is 307 g/mol. The Kier molecular flexibility index (Phi) is 4.72. The molecule has 24 heavy (non-hydrogen) atoms. The lowest BCUT2D eigenvalue weighted by atomic mass is 10.1. The van der Waals surface area contributed by atoms with E-state index in [-0.39, 0.29) is 18.4 Å². The number of rotatable bonds is 5. The highest BCUT2D eigenvalue weighted by Crippen LogP contribution is 2.27. The molecule has 0 saturated heterocycles. The molecule has 0 fully saturated rings. The standard InChI is InChI=1S/C19H17FN2O2/c20-17-9-14(6-7-19(17)24)15-8-16(11-21-10-15)22-18(12-23)13-4-2-1-3-5-13/h1-11,18,22-24H,12H2/t18-/m0/s1. The number of benzene rings is 2. The van der Waals surface area contributed by atoms with E-state index in [0.29, 0.717) is 16.8 Å². The van der Waals surface area contributed by atoms with E-state index < -0.39 is 5.82 Å². The van der Waals surface area contributed by atoms with Gasteiger partial charge in [0.25, 0.3) is 0 Å². The summed E-state index contributed by atoms with van der Waals surface area (Å²) in [6.45, 7) is -0.0674. The average Bonchev–Trinajstić information content (AvgIpc) is 2.63. The van der Waals surface area contributed by atoms with Gasteiger partial charge in [0, 0.05) is 18.0 Å². The highest BCUT2D eigenvalue weighted by Gasteiger charge is 2.11. The number of halogens is 1. The molecule has 3 aromatic rings. The lowest BCUT2D eigenvalue weighted by Gasteiger charge is -2.18. The molecule has 1 atom stereocenters. The maximum Gasteiger partial charge on any atom is 0.165 e. The van der Waals surface area contributed by atoms with Gasteiger partial charge in [-0.15, -0.1) is 0 Å². The number of hydrogen-bond donors (Lipinski definition) is 3. The number of nitrogens with zero attached hydrogens (tertiary/aromatic N) is 1. The Bertz CT molecular complexity index is 825. The van der Waals surface area contributed by atoms with Crippen LogP contribution in [-0.2, 0) is 0 Å². The van der Waals surface area contributed by atoms with Crippen molar-refractivity contribution in [1.82, 2.24) is 4.98 Å². The van der Waals surface area contributed by atoms with Crippen LogP contribution >= 0.6 is 0 Å². The molecule has 0 amide bonds. The molecule has 0 aliphatic carbocycles. The Hall–Kier alpha value is -2.92. The van der Waals surface area contributed by atoms with E-state index in [1.807, 2.05) is 36.4 Å². The molecule has 1 aromatic heterocycles. The molecule has 3 rings (SSSR count). The number of nitrogens with one attached hydrogen (secondary N) is 1. The topological polar surface area (TPSA) is 65.4 Å². The van der Waals surface area contributed by atoms with Crippen LogP contribution in [0.4, 0.5) is 10.1 Å². The molecule has 1 heterocycles. The van der Waals surface area contributed by atoms with E-state index >= 15 is 0 Å². The molecule has 0 bridgehead atoms. The minimum Gasteiger partial charge on any atom is -0.505 e. The summed E-state index contributed by atoms with van der Waals surface area (Å²) in [5, 5.41) is 22.2. The molecule has 0 aliphatic rings. The first kappa shape index (κ1) is 16.0. The molecule has 0 radical (unpaired) electrons. The minimum absolute atomic E-state index is 0.0674. The zero-order chi connectivity index (χ0) is 16.9. The molecule has 0 unspecified atom stereocenters. The fourth-order valence-electron chi connectivity index (χ4n) is 2.48. The van der Waals surface area contributed by atoms with E-state index in [9.17, 15) is 14.6 Å². The third-order valence-electron chi connectivity index (χ3n) is 3.74. The van der Waals surface area contributed by atoms with E-state index in [1.165, 1.54) is 12.1 Å². The van der Waals surface area contributed by atoms with Crippen molar-refractivity contribution in [2.75, 3.05) is 11.9 Å². The number of aliphatic hydroxyl groups excluding tert-OH is 1. The summed E-state index contributed by atoms with van der Waals surface area (Å²) < 4.78 is 13.5.